The molecule has 0 aromatic heterocycles. The summed E-state index contributed by atoms with van der Waals surface area (Å²) in [4.78, 5) is 10.1. The van der Waals surface area contributed by atoms with Crippen molar-refractivity contribution in [3.8, 4) is 0 Å². The average Bonchev–Trinajstić information content (AvgIpc) is 2.01. The normalized spacial score (nSPS) is 9.08. The van der Waals surface area contributed by atoms with Crippen LogP contribution < -0.4 is 10.9 Å². The number of rotatable bonds is 2. The van der Waals surface area contributed by atoms with E-state index >= 15 is 0 Å². The maximum absolute atomic E-state index is 10.1. The van der Waals surface area contributed by atoms with Gasteiger partial charge in [-0.15, -0.1) is 0 Å². The fraction of sp³-hybridized carbons (Fsp3) is 0. The van der Waals surface area contributed by atoms with Crippen LogP contribution in [-0.4, -0.2) is 11.2 Å². The second kappa shape index (κ2) is 3.96. The van der Waals surface area contributed by atoms with E-state index in [2.05, 4.69) is 21.4 Å². The molecule has 0 unspecified atom stereocenters. The molecule has 0 radical (unpaired) electrons. The Hall–Kier alpha value is -1.23. The van der Waals surface area contributed by atoms with Gasteiger partial charge in [0.2, 0.25) is 0 Å². The third-order valence-electron chi connectivity index (χ3n) is 1.14. The Morgan fingerprint density at radius 3 is 2.83 bits per heavy atom. The lowest BCUT2D eigenvalue weighted by molar-refractivity contribution is 0.197. The zero-order valence-corrected chi connectivity index (χ0v) is 7.63. The van der Waals surface area contributed by atoms with Crippen LogP contribution in [0.25, 0.3) is 0 Å². The number of nitrogens with one attached hydrogen (secondary N) is 2. The van der Waals surface area contributed by atoms with E-state index in [0.717, 1.165) is 4.47 Å². The smallest absolute Gasteiger partial charge is 0.423 e. The van der Waals surface area contributed by atoms with Gasteiger partial charge in [-0.3, -0.25) is 5.43 Å². The summed E-state index contributed by atoms with van der Waals surface area (Å²) < 4.78 is 0.889. The number of carboxylic acid groups (broad SMARTS) is 1. The Kier molecular flexibility index (Phi) is 2.93. The first-order valence-corrected chi connectivity index (χ1v) is 3.98. The number of carbonyl (C=O) groups is 1. The van der Waals surface area contributed by atoms with Crippen molar-refractivity contribution in [2.45, 2.75) is 0 Å². The highest BCUT2D eigenvalue weighted by atomic mass is 79.9. The van der Waals surface area contributed by atoms with Crippen LogP contribution in [-0.2, 0) is 0 Å². The summed E-state index contributed by atoms with van der Waals surface area (Å²) in [5.74, 6) is 0. The van der Waals surface area contributed by atoms with Crippen LogP contribution >= 0.6 is 15.9 Å². The van der Waals surface area contributed by atoms with Gasteiger partial charge in [0.15, 0.2) is 0 Å². The number of anilines is 1. The molecule has 1 amide bonds. The van der Waals surface area contributed by atoms with Crippen molar-refractivity contribution in [2.75, 3.05) is 5.43 Å². The molecule has 5 heteroatoms. The zero-order chi connectivity index (χ0) is 8.97. The maximum atomic E-state index is 10.1. The van der Waals surface area contributed by atoms with E-state index in [-0.39, 0.29) is 0 Å². The van der Waals surface area contributed by atoms with Gasteiger partial charge < -0.3 is 5.11 Å². The number of hydrazine groups is 1. The summed E-state index contributed by atoms with van der Waals surface area (Å²) in [5.41, 5.74) is 5.23. The van der Waals surface area contributed by atoms with Crippen LogP contribution in [0.5, 0.6) is 0 Å². The Morgan fingerprint density at radius 1 is 1.50 bits per heavy atom. The molecular weight excluding hydrogens is 224 g/mol. The van der Waals surface area contributed by atoms with Crippen molar-refractivity contribution >= 4 is 27.7 Å². The third kappa shape index (κ3) is 2.79. The highest BCUT2D eigenvalue weighted by Gasteiger charge is 1.94. The van der Waals surface area contributed by atoms with Gasteiger partial charge in [0.1, 0.15) is 0 Å². The van der Waals surface area contributed by atoms with Gasteiger partial charge in [-0.05, 0) is 18.2 Å². The number of amides is 1. The highest BCUT2D eigenvalue weighted by Crippen LogP contribution is 2.14. The second-order valence-electron chi connectivity index (χ2n) is 2.07. The molecule has 0 saturated heterocycles. The zero-order valence-electron chi connectivity index (χ0n) is 6.04. The molecule has 0 bridgehead atoms. The molecule has 64 valence electrons. The van der Waals surface area contributed by atoms with E-state index in [0.29, 0.717) is 5.69 Å². The molecule has 12 heavy (non-hydrogen) atoms. The van der Waals surface area contributed by atoms with Crippen LogP contribution in [0.3, 0.4) is 0 Å². The van der Waals surface area contributed by atoms with Crippen LogP contribution in [0.1, 0.15) is 0 Å². The van der Waals surface area contributed by atoms with E-state index in [4.69, 9.17) is 5.11 Å². The Bertz CT molecular complexity index is 290. The fourth-order valence-electron chi connectivity index (χ4n) is 0.692. The molecule has 4 nitrogen and oxygen atoms in total. The molecule has 0 aliphatic heterocycles. The molecule has 1 aromatic rings. The first-order valence-electron chi connectivity index (χ1n) is 3.19. The largest absolute Gasteiger partial charge is 0.464 e. The average molecular weight is 231 g/mol. The van der Waals surface area contributed by atoms with E-state index in [1.54, 1.807) is 18.2 Å². The lowest BCUT2D eigenvalue weighted by atomic mass is 10.3. The van der Waals surface area contributed by atoms with Crippen LogP contribution in [0.4, 0.5) is 10.5 Å². The molecule has 0 spiro atoms. The predicted molar refractivity (Wildman–Crippen MR) is 48.9 cm³/mol. The van der Waals surface area contributed by atoms with Crippen molar-refractivity contribution in [3.05, 3.63) is 28.7 Å². The number of hydrogen-bond acceptors (Lipinski definition) is 2. The van der Waals surface area contributed by atoms with Crippen LogP contribution in [0.2, 0.25) is 0 Å². The first kappa shape index (κ1) is 8.86. The maximum Gasteiger partial charge on any atom is 0.423 e. The fourth-order valence-corrected chi connectivity index (χ4v) is 1.09. The van der Waals surface area contributed by atoms with E-state index in [1.807, 2.05) is 11.5 Å². The lowest BCUT2D eigenvalue weighted by Gasteiger charge is -2.04. The van der Waals surface area contributed by atoms with Crippen molar-refractivity contribution in [1.82, 2.24) is 5.43 Å². The molecule has 1 rings (SSSR count). The van der Waals surface area contributed by atoms with Gasteiger partial charge in [0, 0.05) is 4.47 Å². The monoisotopic (exact) mass is 230 g/mol. The molecule has 0 saturated carbocycles. The molecule has 0 aliphatic rings. The van der Waals surface area contributed by atoms with E-state index in [9.17, 15) is 4.79 Å². The van der Waals surface area contributed by atoms with Crippen LogP contribution in [0, 0.1) is 0 Å². The molecule has 0 aliphatic carbocycles. The molecular formula is C7H7BrN2O2. The van der Waals surface area contributed by atoms with Gasteiger partial charge in [-0.2, -0.15) is 0 Å². The standard InChI is InChI=1S/C7H7BrN2O2/c8-5-2-1-3-6(4-5)9-10-7(11)12/h1-4,9-10H,(H,11,12). The third-order valence-corrected chi connectivity index (χ3v) is 1.63. The molecule has 3 N–H and O–H groups in total. The minimum Gasteiger partial charge on any atom is -0.464 e. The topological polar surface area (TPSA) is 61.4 Å². The Morgan fingerprint density at radius 2 is 2.25 bits per heavy atom. The van der Waals surface area contributed by atoms with E-state index < -0.39 is 6.09 Å². The Balaban J connectivity index is 2.57. The summed E-state index contributed by atoms with van der Waals surface area (Å²) >= 11 is 3.25. The molecule has 0 heterocycles. The minimum absolute atomic E-state index is 0.687. The summed E-state index contributed by atoms with van der Waals surface area (Å²) in [7, 11) is 0. The van der Waals surface area contributed by atoms with Crippen LogP contribution in [0.15, 0.2) is 28.7 Å². The van der Waals surface area contributed by atoms with E-state index in [1.165, 1.54) is 0 Å². The number of hydrogen-bond donors (Lipinski definition) is 3. The quantitative estimate of drug-likeness (QED) is 0.682. The van der Waals surface area contributed by atoms with Gasteiger partial charge in [0.25, 0.3) is 0 Å². The summed E-state index contributed by atoms with van der Waals surface area (Å²) in [5, 5.41) is 8.26. The number of benzene rings is 1. The van der Waals surface area contributed by atoms with Crippen molar-refractivity contribution < 1.29 is 9.90 Å². The second-order valence-corrected chi connectivity index (χ2v) is 2.98. The predicted octanol–water partition coefficient (Wildman–Crippen LogP) is 2.04. The summed E-state index contributed by atoms with van der Waals surface area (Å²) in [6, 6.07) is 7.17. The molecule has 1 aromatic carbocycles. The Labute approximate surface area is 77.7 Å². The van der Waals surface area contributed by atoms with Gasteiger partial charge in [-0.1, -0.05) is 22.0 Å². The van der Waals surface area contributed by atoms with Crippen molar-refractivity contribution in [2.24, 2.45) is 0 Å². The van der Waals surface area contributed by atoms with Gasteiger partial charge >= 0.3 is 6.09 Å². The van der Waals surface area contributed by atoms with Crippen molar-refractivity contribution in [1.29, 1.82) is 0 Å². The van der Waals surface area contributed by atoms with Crippen molar-refractivity contribution in [3.63, 3.8) is 0 Å². The first-order chi connectivity index (χ1) is 5.68. The number of halogens is 1. The lowest BCUT2D eigenvalue weighted by Crippen LogP contribution is -2.27. The summed E-state index contributed by atoms with van der Waals surface area (Å²) in [6.07, 6.45) is -1.12. The summed E-state index contributed by atoms with van der Waals surface area (Å²) in [6.45, 7) is 0. The van der Waals surface area contributed by atoms with Gasteiger partial charge in [0.05, 0.1) is 5.69 Å². The van der Waals surface area contributed by atoms with Gasteiger partial charge in [-0.25, -0.2) is 10.2 Å². The minimum atomic E-state index is -1.12. The molecule has 0 atom stereocenters. The highest BCUT2D eigenvalue weighted by molar-refractivity contribution is 9.10. The molecule has 0 fully saturated rings. The SMILES string of the molecule is O=C(O)NNc1cccc(Br)c1.